The molecular weight excluding hydrogens is 299 g/mol. The summed E-state index contributed by atoms with van der Waals surface area (Å²) < 4.78 is 45.4. The van der Waals surface area contributed by atoms with Crippen molar-refractivity contribution in [3.05, 3.63) is 28.8 Å². The predicted molar refractivity (Wildman–Crippen MR) is 63.1 cm³/mol. The Hall–Kier alpha value is -1.94. The van der Waals surface area contributed by atoms with E-state index in [9.17, 15) is 18.0 Å². The third-order valence-corrected chi connectivity index (χ3v) is 2.65. The van der Waals surface area contributed by atoms with Crippen molar-refractivity contribution in [2.24, 2.45) is 0 Å². The first kappa shape index (κ1) is 16.1. The molecule has 0 heterocycles. The fourth-order valence-electron chi connectivity index (χ4n) is 1.50. The third-order valence-electron chi connectivity index (χ3n) is 2.36. The van der Waals surface area contributed by atoms with Crippen molar-refractivity contribution in [1.82, 2.24) is 0 Å². The first-order chi connectivity index (χ1) is 9.32. The van der Waals surface area contributed by atoms with Crippen LogP contribution in [0.15, 0.2) is 12.1 Å². The number of carbonyl (C=O) groups is 1. The number of benzene rings is 1. The van der Waals surface area contributed by atoms with Gasteiger partial charge in [-0.15, -0.1) is 24.8 Å². The van der Waals surface area contributed by atoms with Crippen LogP contribution in [0.3, 0.4) is 0 Å². The summed E-state index contributed by atoms with van der Waals surface area (Å²) in [6.45, 7) is 0. The molecule has 1 aromatic carbocycles. The summed E-state index contributed by atoms with van der Waals surface area (Å²) in [7, 11) is 1.13. The summed E-state index contributed by atoms with van der Waals surface area (Å²) in [5, 5.41) is 9.01. The van der Waals surface area contributed by atoms with Crippen LogP contribution in [0.1, 0.15) is 16.7 Å². The molecule has 0 aliphatic rings. The van der Waals surface area contributed by atoms with E-state index < -0.39 is 18.1 Å². The Bertz CT molecular complexity index is 552. The number of esters is 1. The van der Waals surface area contributed by atoms with Crippen LogP contribution in [-0.2, 0) is 21.8 Å². The highest BCUT2D eigenvalue weighted by Crippen LogP contribution is 2.33. The van der Waals surface area contributed by atoms with Gasteiger partial charge in [-0.1, -0.05) is 12.1 Å². The molecule has 0 saturated carbocycles. The zero-order valence-electron chi connectivity index (χ0n) is 10.3. The molecule has 0 fully saturated rings. The van der Waals surface area contributed by atoms with Gasteiger partial charge in [-0.25, -0.2) is 0 Å². The minimum atomic E-state index is -4.96. The molecule has 4 nitrogen and oxygen atoms in total. The summed E-state index contributed by atoms with van der Waals surface area (Å²) in [5.74, 6) is -1.63. The molecule has 108 valence electrons. The first-order valence-corrected chi connectivity index (χ1v) is 5.79. The molecule has 0 aliphatic heterocycles. The topological polar surface area (TPSA) is 59.3 Å². The second kappa shape index (κ2) is 6.48. The predicted octanol–water partition coefficient (Wildman–Crippen LogP) is 2.91. The summed E-state index contributed by atoms with van der Waals surface area (Å²) >= 11 is 5.53. The van der Waals surface area contributed by atoms with Gasteiger partial charge in [0.1, 0.15) is 6.07 Å². The Kier molecular flexibility index (Phi) is 5.22. The quantitative estimate of drug-likeness (QED) is 0.634. The minimum absolute atomic E-state index is 0.00848. The van der Waals surface area contributed by atoms with Gasteiger partial charge in [0.2, 0.25) is 0 Å². The van der Waals surface area contributed by atoms with E-state index in [1.165, 1.54) is 12.1 Å². The number of nitrogens with zero attached hydrogens (tertiary/aromatic N) is 1. The Labute approximate surface area is 117 Å². The average molecular weight is 308 g/mol. The maximum absolute atomic E-state index is 12.4. The number of carbonyl (C=O) groups excluding carboxylic acids is 1. The molecule has 0 N–H and O–H groups in total. The van der Waals surface area contributed by atoms with Crippen LogP contribution in [0.4, 0.5) is 13.2 Å². The Morgan fingerprint density at radius 3 is 2.45 bits per heavy atom. The van der Waals surface area contributed by atoms with Gasteiger partial charge in [-0.2, -0.15) is 5.26 Å². The van der Waals surface area contributed by atoms with Crippen LogP contribution in [0.25, 0.3) is 0 Å². The highest BCUT2D eigenvalue weighted by molar-refractivity contribution is 6.17. The normalized spacial score (nSPS) is 10.8. The summed E-state index contributed by atoms with van der Waals surface area (Å²) in [6, 6.07) is 4.21. The number of hydrogen-bond acceptors (Lipinski definition) is 4. The van der Waals surface area contributed by atoms with Crippen LogP contribution in [0.5, 0.6) is 5.75 Å². The highest BCUT2D eigenvalue weighted by Gasteiger charge is 2.34. The molecule has 0 amide bonds. The van der Waals surface area contributed by atoms with Crippen molar-refractivity contribution in [1.29, 1.82) is 5.26 Å². The molecule has 1 aromatic rings. The lowest BCUT2D eigenvalue weighted by molar-refractivity contribution is -0.275. The Morgan fingerprint density at radius 2 is 2.00 bits per heavy atom. The molecule has 20 heavy (non-hydrogen) atoms. The fourth-order valence-corrected chi connectivity index (χ4v) is 1.71. The van der Waals surface area contributed by atoms with E-state index in [2.05, 4.69) is 9.47 Å². The largest absolute Gasteiger partial charge is 0.573 e. The molecular formula is C12H9ClF3NO3. The SMILES string of the molecule is COC(=O)Cc1ccc(CCl)c(OC(F)(F)F)c1C#N. The number of alkyl halides is 4. The zero-order valence-corrected chi connectivity index (χ0v) is 11.0. The monoisotopic (exact) mass is 307 g/mol. The second-order valence-electron chi connectivity index (χ2n) is 3.63. The van der Waals surface area contributed by atoms with Gasteiger partial charge < -0.3 is 9.47 Å². The standard InChI is InChI=1S/C12H9ClF3NO3/c1-19-10(18)4-7-2-3-8(5-13)11(9(7)6-17)20-12(14,15)16/h2-3H,4-5H2,1H3. The lowest BCUT2D eigenvalue weighted by atomic mass is 10.0. The summed E-state index contributed by atoms with van der Waals surface area (Å²) in [5.41, 5.74) is -0.299. The first-order valence-electron chi connectivity index (χ1n) is 5.25. The van der Waals surface area contributed by atoms with Gasteiger partial charge in [0.15, 0.2) is 5.75 Å². The zero-order chi connectivity index (χ0) is 15.3. The fraction of sp³-hybridized carbons (Fsp3) is 0.333. The number of methoxy groups -OCH3 is 1. The molecule has 1 rings (SSSR count). The van der Waals surface area contributed by atoms with Crippen molar-refractivity contribution in [2.45, 2.75) is 18.7 Å². The van der Waals surface area contributed by atoms with E-state index in [-0.39, 0.29) is 29.0 Å². The van der Waals surface area contributed by atoms with Crippen LogP contribution < -0.4 is 4.74 Å². The maximum atomic E-state index is 12.4. The lowest BCUT2D eigenvalue weighted by Crippen LogP contribution is -2.19. The second-order valence-corrected chi connectivity index (χ2v) is 3.90. The highest BCUT2D eigenvalue weighted by atomic mass is 35.5. The lowest BCUT2D eigenvalue weighted by Gasteiger charge is -2.15. The van der Waals surface area contributed by atoms with Gasteiger partial charge in [0.25, 0.3) is 0 Å². The van der Waals surface area contributed by atoms with E-state index in [1.807, 2.05) is 0 Å². The maximum Gasteiger partial charge on any atom is 0.573 e. The van der Waals surface area contributed by atoms with Gasteiger partial charge in [-0.05, 0) is 5.56 Å². The van der Waals surface area contributed by atoms with Crippen LogP contribution in [0, 0.1) is 11.3 Å². The molecule has 0 aliphatic carbocycles. The summed E-state index contributed by atoms with van der Waals surface area (Å²) in [4.78, 5) is 11.2. The van der Waals surface area contributed by atoms with Gasteiger partial charge >= 0.3 is 12.3 Å². The van der Waals surface area contributed by atoms with E-state index in [0.29, 0.717) is 0 Å². The van der Waals surface area contributed by atoms with E-state index in [0.717, 1.165) is 7.11 Å². The Morgan fingerprint density at radius 1 is 1.40 bits per heavy atom. The van der Waals surface area contributed by atoms with E-state index in [4.69, 9.17) is 16.9 Å². The average Bonchev–Trinajstić information content (AvgIpc) is 2.37. The van der Waals surface area contributed by atoms with E-state index in [1.54, 1.807) is 6.07 Å². The smallest absolute Gasteiger partial charge is 0.469 e. The molecule has 8 heteroatoms. The van der Waals surface area contributed by atoms with Gasteiger partial charge in [-0.3, -0.25) is 4.79 Å². The Balaban J connectivity index is 3.34. The van der Waals surface area contributed by atoms with Gasteiger partial charge in [0.05, 0.1) is 25.0 Å². The van der Waals surface area contributed by atoms with E-state index >= 15 is 0 Å². The van der Waals surface area contributed by atoms with Gasteiger partial charge in [0, 0.05) is 5.56 Å². The number of ether oxygens (including phenoxy) is 2. The van der Waals surface area contributed by atoms with Crippen molar-refractivity contribution >= 4 is 17.6 Å². The molecule has 0 bridgehead atoms. The van der Waals surface area contributed by atoms with Crippen LogP contribution in [-0.4, -0.2) is 19.4 Å². The molecule has 0 radical (unpaired) electrons. The number of hydrogen-bond donors (Lipinski definition) is 0. The number of halogens is 4. The van der Waals surface area contributed by atoms with Crippen molar-refractivity contribution in [3.8, 4) is 11.8 Å². The summed E-state index contributed by atoms with van der Waals surface area (Å²) in [6.07, 6.45) is -5.30. The minimum Gasteiger partial charge on any atom is -0.469 e. The van der Waals surface area contributed by atoms with Crippen molar-refractivity contribution < 1.29 is 27.4 Å². The molecule has 0 aromatic heterocycles. The number of rotatable bonds is 4. The molecule has 0 saturated heterocycles. The molecule has 0 unspecified atom stereocenters. The molecule has 0 atom stereocenters. The molecule has 0 spiro atoms. The number of nitriles is 1. The van der Waals surface area contributed by atoms with Crippen molar-refractivity contribution in [3.63, 3.8) is 0 Å². The van der Waals surface area contributed by atoms with Crippen LogP contribution in [0.2, 0.25) is 0 Å². The van der Waals surface area contributed by atoms with Crippen LogP contribution >= 0.6 is 11.6 Å². The third kappa shape index (κ3) is 4.03. The van der Waals surface area contributed by atoms with Crippen molar-refractivity contribution in [2.75, 3.05) is 7.11 Å².